The van der Waals surface area contributed by atoms with E-state index in [1.165, 1.54) is 11.0 Å². The summed E-state index contributed by atoms with van der Waals surface area (Å²) in [6, 6.07) is 14.3. The average Bonchev–Trinajstić information content (AvgIpc) is 3.10. The molecule has 0 saturated heterocycles. The third kappa shape index (κ3) is 4.47. The highest BCUT2D eigenvalue weighted by molar-refractivity contribution is 9.10. The first kappa shape index (κ1) is 18.1. The standard InChI is InChI=1S/C18H17BrN4O3/c1-26-15-7-5-12(6-8-15)16(24)10-23-11-20-17(22-23)18(25)21-14-4-2-3-13(19)9-14/h2-9,11,16,24H,10H2,1H3,(H,21,25)/t16-/m0/s1. The molecule has 3 aromatic rings. The molecule has 0 unspecified atom stereocenters. The molecule has 1 aromatic heterocycles. The van der Waals surface area contributed by atoms with E-state index in [-0.39, 0.29) is 12.4 Å². The van der Waals surface area contributed by atoms with Crippen molar-refractivity contribution in [2.24, 2.45) is 0 Å². The van der Waals surface area contributed by atoms with Crippen LogP contribution in [-0.4, -0.2) is 32.9 Å². The number of carbonyl (C=O) groups is 1. The van der Waals surface area contributed by atoms with Crippen molar-refractivity contribution in [2.45, 2.75) is 12.6 Å². The number of anilines is 1. The third-order valence-electron chi connectivity index (χ3n) is 3.68. The lowest BCUT2D eigenvalue weighted by atomic mass is 10.1. The van der Waals surface area contributed by atoms with Crippen molar-refractivity contribution in [1.82, 2.24) is 14.8 Å². The Morgan fingerprint density at radius 1 is 1.31 bits per heavy atom. The minimum atomic E-state index is -0.774. The highest BCUT2D eigenvalue weighted by Gasteiger charge is 2.14. The van der Waals surface area contributed by atoms with Gasteiger partial charge in [-0.25, -0.2) is 9.67 Å². The first-order valence-corrected chi connectivity index (χ1v) is 8.63. The van der Waals surface area contributed by atoms with Crippen LogP contribution in [0.2, 0.25) is 0 Å². The summed E-state index contributed by atoms with van der Waals surface area (Å²) >= 11 is 3.35. The average molecular weight is 417 g/mol. The van der Waals surface area contributed by atoms with Gasteiger partial charge in [-0.1, -0.05) is 34.1 Å². The predicted octanol–water partition coefficient (Wildman–Crippen LogP) is 3.04. The number of benzene rings is 2. The number of aliphatic hydroxyl groups is 1. The first-order chi connectivity index (χ1) is 12.5. The monoisotopic (exact) mass is 416 g/mol. The minimum absolute atomic E-state index is 0.0342. The van der Waals surface area contributed by atoms with E-state index in [4.69, 9.17) is 4.74 Å². The molecule has 1 amide bonds. The maximum absolute atomic E-state index is 12.2. The van der Waals surface area contributed by atoms with E-state index in [1.807, 2.05) is 12.1 Å². The number of nitrogens with zero attached hydrogens (tertiary/aromatic N) is 3. The van der Waals surface area contributed by atoms with Crippen molar-refractivity contribution in [3.8, 4) is 5.75 Å². The molecule has 0 aliphatic rings. The molecule has 2 N–H and O–H groups in total. The molecule has 134 valence electrons. The maximum Gasteiger partial charge on any atom is 0.295 e. The predicted molar refractivity (Wildman–Crippen MR) is 100 cm³/mol. The molecule has 0 bridgehead atoms. The summed E-state index contributed by atoms with van der Waals surface area (Å²) < 4.78 is 7.39. The summed E-state index contributed by atoms with van der Waals surface area (Å²) in [5.41, 5.74) is 1.36. The van der Waals surface area contributed by atoms with Crippen molar-refractivity contribution < 1.29 is 14.6 Å². The van der Waals surface area contributed by atoms with Gasteiger partial charge in [0.2, 0.25) is 5.82 Å². The number of ether oxygens (including phenoxy) is 1. The van der Waals surface area contributed by atoms with Gasteiger partial charge in [-0.15, -0.1) is 5.10 Å². The Morgan fingerprint density at radius 2 is 2.08 bits per heavy atom. The van der Waals surface area contributed by atoms with Gasteiger partial charge in [0.1, 0.15) is 12.1 Å². The zero-order valence-corrected chi connectivity index (χ0v) is 15.5. The molecule has 0 fully saturated rings. The van der Waals surface area contributed by atoms with Crippen LogP contribution in [0.15, 0.2) is 59.3 Å². The Kier molecular flexibility index (Phi) is 5.65. The van der Waals surface area contributed by atoms with Crippen LogP contribution in [0.25, 0.3) is 0 Å². The number of aliphatic hydroxyl groups excluding tert-OH is 1. The van der Waals surface area contributed by atoms with E-state index >= 15 is 0 Å². The molecule has 2 aromatic carbocycles. The zero-order valence-electron chi connectivity index (χ0n) is 14.0. The van der Waals surface area contributed by atoms with Gasteiger partial charge in [0.15, 0.2) is 0 Å². The van der Waals surface area contributed by atoms with Crippen LogP contribution in [-0.2, 0) is 6.54 Å². The molecule has 0 radical (unpaired) electrons. The summed E-state index contributed by atoms with van der Waals surface area (Å²) in [4.78, 5) is 16.2. The SMILES string of the molecule is COc1ccc([C@@H](O)Cn2cnc(C(=O)Nc3cccc(Br)c3)n2)cc1. The van der Waals surface area contributed by atoms with Crippen LogP contribution < -0.4 is 10.1 Å². The Morgan fingerprint density at radius 3 is 2.77 bits per heavy atom. The van der Waals surface area contributed by atoms with Gasteiger partial charge in [0.05, 0.1) is 19.8 Å². The molecule has 0 spiro atoms. The molecule has 0 aliphatic carbocycles. The van der Waals surface area contributed by atoms with Crippen molar-refractivity contribution in [3.05, 3.63) is 70.7 Å². The summed E-state index contributed by atoms with van der Waals surface area (Å²) in [5, 5.41) is 17.2. The zero-order chi connectivity index (χ0) is 18.5. The largest absolute Gasteiger partial charge is 0.497 e. The van der Waals surface area contributed by atoms with Crippen LogP contribution in [0.4, 0.5) is 5.69 Å². The van der Waals surface area contributed by atoms with Gasteiger partial charge < -0.3 is 15.2 Å². The Hall–Kier alpha value is -2.71. The summed E-state index contributed by atoms with van der Waals surface area (Å²) in [6.45, 7) is 0.184. The van der Waals surface area contributed by atoms with Crippen LogP contribution in [0.5, 0.6) is 5.75 Å². The van der Waals surface area contributed by atoms with Gasteiger partial charge in [0, 0.05) is 10.2 Å². The van der Waals surface area contributed by atoms with Gasteiger partial charge in [0.25, 0.3) is 5.91 Å². The van der Waals surface area contributed by atoms with Crippen LogP contribution in [0.1, 0.15) is 22.3 Å². The number of methoxy groups -OCH3 is 1. The summed E-state index contributed by atoms with van der Waals surface area (Å²) in [6.07, 6.45) is 0.645. The Bertz CT molecular complexity index is 895. The van der Waals surface area contributed by atoms with Crippen molar-refractivity contribution in [2.75, 3.05) is 12.4 Å². The fourth-order valence-electron chi connectivity index (χ4n) is 2.35. The van der Waals surface area contributed by atoms with E-state index in [9.17, 15) is 9.90 Å². The number of halogens is 1. The molecular formula is C18H17BrN4O3. The highest BCUT2D eigenvalue weighted by Crippen LogP contribution is 2.19. The first-order valence-electron chi connectivity index (χ1n) is 7.83. The van der Waals surface area contributed by atoms with Crippen LogP contribution in [0, 0.1) is 0 Å². The lowest BCUT2D eigenvalue weighted by Gasteiger charge is -2.11. The van der Waals surface area contributed by atoms with Gasteiger partial charge in [-0.3, -0.25) is 4.79 Å². The molecule has 8 heteroatoms. The number of hydrogen-bond acceptors (Lipinski definition) is 5. The quantitative estimate of drug-likeness (QED) is 0.644. The summed E-state index contributed by atoms with van der Waals surface area (Å²) in [5.74, 6) is 0.334. The lowest BCUT2D eigenvalue weighted by molar-refractivity contribution is 0.101. The van der Waals surface area contributed by atoms with Crippen molar-refractivity contribution >= 4 is 27.5 Å². The smallest absolute Gasteiger partial charge is 0.295 e. The maximum atomic E-state index is 12.2. The highest BCUT2D eigenvalue weighted by atomic mass is 79.9. The summed E-state index contributed by atoms with van der Waals surface area (Å²) in [7, 11) is 1.58. The van der Waals surface area contributed by atoms with E-state index < -0.39 is 12.0 Å². The van der Waals surface area contributed by atoms with Crippen molar-refractivity contribution in [3.63, 3.8) is 0 Å². The molecular weight excluding hydrogens is 400 g/mol. The normalized spacial score (nSPS) is 11.8. The van der Waals surface area contributed by atoms with E-state index in [0.717, 1.165) is 10.0 Å². The number of aromatic nitrogens is 3. The number of carbonyl (C=O) groups excluding carboxylic acids is 1. The molecule has 26 heavy (non-hydrogen) atoms. The molecule has 3 rings (SSSR count). The van der Waals surface area contributed by atoms with E-state index in [0.29, 0.717) is 11.4 Å². The number of nitrogens with one attached hydrogen (secondary N) is 1. The molecule has 0 aliphatic heterocycles. The van der Waals surface area contributed by atoms with E-state index in [2.05, 4.69) is 31.3 Å². The minimum Gasteiger partial charge on any atom is -0.497 e. The second kappa shape index (κ2) is 8.11. The fraction of sp³-hybridized carbons (Fsp3) is 0.167. The lowest BCUT2D eigenvalue weighted by Crippen LogP contribution is -2.15. The van der Waals surface area contributed by atoms with Crippen LogP contribution >= 0.6 is 15.9 Å². The van der Waals surface area contributed by atoms with Crippen LogP contribution in [0.3, 0.4) is 0 Å². The van der Waals surface area contributed by atoms with E-state index in [1.54, 1.807) is 43.5 Å². The second-order valence-electron chi connectivity index (χ2n) is 5.54. The van der Waals surface area contributed by atoms with Gasteiger partial charge in [-0.2, -0.15) is 0 Å². The second-order valence-corrected chi connectivity index (χ2v) is 6.46. The number of hydrogen-bond donors (Lipinski definition) is 2. The molecule has 0 saturated carbocycles. The number of rotatable bonds is 6. The van der Waals surface area contributed by atoms with Gasteiger partial charge in [-0.05, 0) is 35.9 Å². The Balaban J connectivity index is 1.64. The molecule has 7 nitrogen and oxygen atoms in total. The van der Waals surface area contributed by atoms with Crippen molar-refractivity contribution in [1.29, 1.82) is 0 Å². The number of amides is 1. The topological polar surface area (TPSA) is 89.3 Å². The fourth-order valence-corrected chi connectivity index (χ4v) is 2.75. The molecule has 1 heterocycles. The Labute approximate surface area is 158 Å². The van der Waals surface area contributed by atoms with Gasteiger partial charge >= 0.3 is 0 Å². The molecule has 1 atom stereocenters. The third-order valence-corrected chi connectivity index (χ3v) is 4.18.